The number of likely N-dealkylation sites (N-methyl/N-ethyl adjacent to an activating group) is 1. The fourth-order valence-electron chi connectivity index (χ4n) is 2.55. The monoisotopic (exact) mass is 328 g/mol. The highest BCUT2D eigenvalue weighted by Gasteiger charge is 2.19. The molecule has 0 radical (unpaired) electrons. The van der Waals surface area contributed by atoms with Crippen LogP contribution in [0.5, 0.6) is 11.5 Å². The summed E-state index contributed by atoms with van der Waals surface area (Å²) in [7, 11) is 3.58. The third-order valence-electron chi connectivity index (χ3n) is 3.66. The molecule has 0 saturated carbocycles. The summed E-state index contributed by atoms with van der Waals surface area (Å²) in [6, 6.07) is 4.18. The molecule has 0 amide bonds. The molecule has 2 N–H and O–H groups in total. The number of piperidine rings is 1. The van der Waals surface area contributed by atoms with Crippen molar-refractivity contribution in [3.8, 4) is 11.5 Å². The Morgan fingerprint density at radius 2 is 2.32 bits per heavy atom. The lowest BCUT2D eigenvalue weighted by Crippen LogP contribution is -2.43. The standard InChI is InChI=1S/C14H21BrN2O2/c1-16-11-4-3-5-17(9-11)8-10-6-13(18)14(19-2)7-12(10)15/h6-7,11,16,18H,3-5,8-9H2,1-2H3. The van der Waals surface area contributed by atoms with Crippen molar-refractivity contribution in [3.05, 3.63) is 22.2 Å². The van der Waals surface area contributed by atoms with Crippen molar-refractivity contribution in [2.75, 3.05) is 27.2 Å². The minimum Gasteiger partial charge on any atom is -0.504 e. The lowest BCUT2D eigenvalue weighted by Gasteiger charge is -2.32. The van der Waals surface area contributed by atoms with Gasteiger partial charge in [-0.2, -0.15) is 0 Å². The van der Waals surface area contributed by atoms with Crippen LogP contribution in [0.3, 0.4) is 0 Å². The van der Waals surface area contributed by atoms with Crippen molar-refractivity contribution in [1.82, 2.24) is 10.2 Å². The predicted octanol–water partition coefficient (Wildman–Crippen LogP) is 2.35. The maximum atomic E-state index is 9.87. The van der Waals surface area contributed by atoms with Gasteiger partial charge in [0.1, 0.15) is 0 Å². The van der Waals surface area contributed by atoms with Crippen molar-refractivity contribution < 1.29 is 9.84 Å². The Labute approximate surface area is 122 Å². The van der Waals surface area contributed by atoms with Crippen molar-refractivity contribution >= 4 is 15.9 Å². The Hall–Kier alpha value is -0.780. The molecule has 1 aromatic carbocycles. The Balaban J connectivity index is 2.08. The maximum Gasteiger partial charge on any atom is 0.161 e. The van der Waals surface area contributed by atoms with E-state index in [1.807, 2.05) is 13.1 Å². The molecule has 1 aliphatic rings. The second-order valence-corrected chi connectivity index (χ2v) is 5.83. The number of methoxy groups -OCH3 is 1. The van der Waals surface area contributed by atoms with E-state index in [0.29, 0.717) is 11.8 Å². The number of phenolic OH excluding ortho intramolecular Hbond substituents is 1. The van der Waals surface area contributed by atoms with Gasteiger partial charge in [0, 0.05) is 23.6 Å². The summed E-state index contributed by atoms with van der Waals surface area (Å²) in [6.45, 7) is 3.00. The number of nitrogens with one attached hydrogen (secondary N) is 1. The zero-order valence-electron chi connectivity index (χ0n) is 11.4. The molecule has 19 heavy (non-hydrogen) atoms. The Morgan fingerprint density at radius 1 is 1.53 bits per heavy atom. The first-order valence-electron chi connectivity index (χ1n) is 6.59. The summed E-state index contributed by atoms with van der Waals surface area (Å²) in [6.07, 6.45) is 2.45. The van der Waals surface area contributed by atoms with E-state index in [1.165, 1.54) is 12.8 Å². The van der Waals surface area contributed by atoms with Gasteiger partial charge in [0.25, 0.3) is 0 Å². The first-order chi connectivity index (χ1) is 9.13. The first-order valence-corrected chi connectivity index (χ1v) is 7.38. The molecule has 1 aliphatic heterocycles. The van der Waals surface area contributed by atoms with E-state index in [9.17, 15) is 5.11 Å². The summed E-state index contributed by atoms with van der Waals surface area (Å²) in [5.41, 5.74) is 1.09. The average molecular weight is 329 g/mol. The molecule has 5 heteroatoms. The minimum atomic E-state index is 0.197. The molecule has 106 valence electrons. The van der Waals surface area contributed by atoms with Crippen LogP contribution in [0.2, 0.25) is 0 Å². The van der Waals surface area contributed by atoms with Crippen LogP contribution in [0, 0.1) is 0 Å². The van der Waals surface area contributed by atoms with E-state index in [2.05, 4.69) is 26.1 Å². The number of hydrogen-bond donors (Lipinski definition) is 2. The Bertz CT molecular complexity index is 440. The van der Waals surface area contributed by atoms with Gasteiger partial charge in [0.15, 0.2) is 11.5 Å². The number of benzene rings is 1. The van der Waals surface area contributed by atoms with Crippen molar-refractivity contribution in [2.24, 2.45) is 0 Å². The highest BCUT2D eigenvalue weighted by atomic mass is 79.9. The van der Waals surface area contributed by atoms with Gasteiger partial charge in [0.2, 0.25) is 0 Å². The molecule has 1 heterocycles. The van der Waals surface area contributed by atoms with Gasteiger partial charge >= 0.3 is 0 Å². The Morgan fingerprint density at radius 3 is 3.00 bits per heavy atom. The molecule has 1 aromatic rings. The van der Waals surface area contributed by atoms with Crippen LogP contribution >= 0.6 is 15.9 Å². The third-order valence-corrected chi connectivity index (χ3v) is 4.39. The van der Waals surface area contributed by atoms with Crippen LogP contribution in [-0.4, -0.2) is 43.3 Å². The van der Waals surface area contributed by atoms with Crippen molar-refractivity contribution in [2.45, 2.75) is 25.4 Å². The van der Waals surface area contributed by atoms with Crippen LogP contribution in [0.25, 0.3) is 0 Å². The molecule has 0 bridgehead atoms. The molecule has 0 aliphatic carbocycles. The minimum absolute atomic E-state index is 0.197. The van der Waals surface area contributed by atoms with E-state index in [-0.39, 0.29) is 5.75 Å². The first kappa shape index (κ1) is 14.6. The highest BCUT2D eigenvalue weighted by molar-refractivity contribution is 9.10. The van der Waals surface area contributed by atoms with Gasteiger partial charge in [-0.1, -0.05) is 15.9 Å². The predicted molar refractivity (Wildman–Crippen MR) is 79.7 cm³/mol. The number of hydrogen-bond acceptors (Lipinski definition) is 4. The SMILES string of the molecule is CNC1CCCN(Cc2cc(O)c(OC)cc2Br)C1. The number of rotatable bonds is 4. The molecule has 1 atom stereocenters. The summed E-state index contributed by atoms with van der Waals surface area (Å²) >= 11 is 3.55. The number of likely N-dealkylation sites (tertiary alicyclic amines) is 1. The van der Waals surface area contributed by atoms with Crippen molar-refractivity contribution in [3.63, 3.8) is 0 Å². The second-order valence-electron chi connectivity index (χ2n) is 4.98. The van der Waals surface area contributed by atoms with Crippen LogP contribution in [0.4, 0.5) is 0 Å². The van der Waals surface area contributed by atoms with Gasteiger partial charge in [0.05, 0.1) is 7.11 Å². The maximum absolute atomic E-state index is 9.87. The van der Waals surface area contributed by atoms with E-state index in [1.54, 1.807) is 13.2 Å². The normalized spacial score (nSPS) is 20.5. The highest BCUT2D eigenvalue weighted by Crippen LogP contribution is 2.33. The van der Waals surface area contributed by atoms with Gasteiger partial charge < -0.3 is 15.2 Å². The molecular weight excluding hydrogens is 308 g/mol. The largest absolute Gasteiger partial charge is 0.504 e. The number of ether oxygens (including phenoxy) is 1. The number of phenols is 1. The molecule has 1 fully saturated rings. The summed E-state index contributed by atoms with van der Waals surface area (Å²) in [5, 5.41) is 13.2. The molecule has 0 aromatic heterocycles. The summed E-state index contributed by atoms with van der Waals surface area (Å²) < 4.78 is 6.08. The van der Waals surface area contributed by atoms with Gasteiger partial charge in [-0.15, -0.1) is 0 Å². The molecule has 4 nitrogen and oxygen atoms in total. The van der Waals surface area contributed by atoms with E-state index < -0.39 is 0 Å². The zero-order chi connectivity index (χ0) is 13.8. The smallest absolute Gasteiger partial charge is 0.161 e. The number of nitrogens with zero attached hydrogens (tertiary/aromatic N) is 1. The van der Waals surface area contributed by atoms with Crippen LogP contribution in [0.1, 0.15) is 18.4 Å². The van der Waals surface area contributed by atoms with Crippen LogP contribution < -0.4 is 10.1 Å². The second kappa shape index (κ2) is 6.59. The van der Waals surface area contributed by atoms with E-state index in [4.69, 9.17) is 4.74 Å². The van der Waals surface area contributed by atoms with Crippen LogP contribution in [0.15, 0.2) is 16.6 Å². The third kappa shape index (κ3) is 3.61. The average Bonchev–Trinajstić information content (AvgIpc) is 2.42. The molecule has 1 unspecified atom stereocenters. The lowest BCUT2D eigenvalue weighted by atomic mass is 10.0. The molecule has 0 spiro atoms. The fourth-order valence-corrected chi connectivity index (χ4v) is 2.99. The molecule has 2 rings (SSSR count). The summed E-state index contributed by atoms with van der Waals surface area (Å²) in [4.78, 5) is 2.41. The molecule has 1 saturated heterocycles. The van der Waals surface area contributed by atoms with Gasteiger partial charge in [-0.3, -0.25) is 4.90 Å². The van der Waals surface area contributed by atoms with E-state index in [0.717, 1.165) is 29.7 Å². The Kier molecular flexibility index (Phi) is 5.07. The number of halogens is 1. The van der Waals surface area contributed by atoms with E-state index >= 15 is 0 Å². The summed E-state index contributed by atoms with van der Waals surface area (Å²) in [5.74, 6) is 0.699. The topological polar surface area (TPSA) is 44.7 Å². The fraction of sp³-hybridized carbons (Fsp3) is 0.571. The van der Waals surface area contributed by atoms with Gasteiger partial charge in [-0.05, 0) is 44.1 Å². The quantitative estimate of drug-likeness (QED) is 0.890. The van der Waals surface area contributed by atoms with Crippen molar-refractivity contribution in [1.29, 1.82) is 0 Å². The lowest BCUT2D eigenvalue weighted by molar-refractivity contribution is 0.187. The number of aromatic hydroxyl groups is 1. The van der Waals surface area contributed by atoms with Crippen LogP contribution in [-0.2, 0) is 6.54 Å². The van der Waals surface area contributed by atoms with Gasteiger partial charge in [-0.25, -0.2) is 0 Å². The zero-order valence-corrected chi connectivity index (χ0v) is 13.0. The molecular formula is C14H21BrN2O2.